The first kappa shape index (κ1) is 15.4. The molecule has 1 saturated heterocycles. The quantitative estimate of drug-likeness (QED) is 0.841. The van der Waals surface area contributed by atoms with E-state index in [9.17, 15) is 9.90 Å². The number of nitrogens with one attached hydrogen (secondary N) is 1. The van der Waals surface area contributed by atoms with Crippen molar-refractivity contribution in [3.63, 3.8) is 0 Å². The van der Waals surface area contributed by atoms with Crippen LogP contribution >= 0.6 is 11.8 Å². The summed E-state index contributed by atoms with van der Waals surface area (Å²) in [6.45, 7) is 1.56. The van der Waals surface area contributed by atoms with Crippen molar-refractivity contribution in [3.8, 4) is 0 Å². The van der Waals surface area contributed by atoms with Gasteiger partial charge in [0.1, 0.15) is 0 Å². The van der Waals surface area contributed by atoms with Crippen LogP contribution in [0.25, 0.3) is 0 Å². The molecule has 1 aliphatic heterocycles. The molecule has 0 aromatic heterocycles. The van der Waals surface area contributed by atoms with Gasteiger partial charge in [0, 0.05) is 24.2 Å². The molecule has 1 unspecified atom stereocenters. The van der Waals surface area contributed by atoms with Crippen molar-refractivity contribution in [2.75, 3.05) is 26.0 Å². The number of hydrogen-bond donors (Lipinski definition) is 2. The van der Waals surface area contributed by atoms with Gasteiger partial charge in [0.15, 0.2) is 5.54 Å². The van der Waals surface area contributed by atoms with Gasteiger partial charge in [-0.3, -0.25) is 0 Å². The Kier molecular flexibility index (Phi) is 5.46. The number of hydrogen-bond acceptors (Lipinski definition) is 4. The third kappa shape index (κ3) is 3.34. The molecule has 0 saturated carbocycles. The Labute approximate surface area is 123 Å². The maximum absolute atomic E-state index is 11.8. The summed E-state index contributed by atoms with van der Waals surface area (Å²) in [6, 6.07) is 9.40. The summed E-state index contributed by atoms with van der Waals surface area (Å²) in [5.41, 5.74) is -0.223. The highest BCUT2D eigenvalue weighted by molar-refractivity contribution is 8.00. The Morgan fingerprint density at radius 3 is 2.60 bits per heavy atom. The summed E-state index contributed by atoms with van der Waals surface area (Å²) >= 11 is 1.73. The number of benzene rings is 1. The maximum atomic E-state index is 11.8. The lowest BCUT2D eigenvalue weighted by molar-refractivity contribution is -0.144. The summed E-state index contributed by atoms with van der Waals surface area (Å²) in [6.07, 6.45) is 2.00. The van der Waals surface area contributed by atoms with E-state index < -0.39 is 11.5 Å². The third-order valence-corrected chi connectivity index (χ3v) is 5.30. The van der Waals surface area contributed by atoms with Crippen LogP contribution in [-0.4, -0.2) is 42.3 Å². The number of carboxylic acids is 1. The summed E-state index contributed by atoms with van der Waals surface area (Å²) in [7, 11) is 1.71. The molecule has 1 aliphatic rings. The first-order valence-electron chi connectivity index (χ1n) is 6.86. The molecular formula is C15H21NO3S. The minimum Gasteiger partial charge on any atom is -0.480 e. The molecule has 5 heteroatoms. The predicted octanol–water partition coefficient (Wildman–Crippen LogP) is 2.10. The summed E-state index contributed by atoms with van der Waals surface area (Å²) < 4.78 is 5.34. The smallest absolute Gasteiger partial charge is 0.329 e. The molecule has 1 fully saturated rings. The number of ether oxygens (including phenoxy) is 1. The molecule has 0 spiro atoms. The van der Waals surface area contributed by atoms with E-state index in [0.717, 1.165) is 31.6 Å². The van der Waals surface area contributed by atoms with E-state index in [-0.39, 0.29) is 0 Å². The molecule has 110 valence electrons. The second-order valence-electron chi connectivity index (χ2n) is 4.95. The fourth-order valence-electron chi connectivity index (χ4n) is 2.40. The van der Waals surface area contributed by atoms with Gasteiger partial charge in [0.2, 0.25) is 0 Å². The van der Waals surface area contributed by atoms with Crippen molar-refractivity contribution in [1.82, 2.24) is 5.32 Å². The normalized spacial score (nSPS) is 19.4. The first-order valence-corrected chi connectivity index (χ1v) is 7.91. The average Bonchev–Trinajstić information content (AvgIpc) is 2.50. The molecule has 0 amide bonds. The van der Waals surface area contributed by atoms with Gasteiger partial charge in [-0.25, -0.2) is 4.79 Å². The van der Waals surface area contributed by atoms with Gasteiger partial charge in [-0.2, -0.15) is 11.8 Å². The Morgan fingerprint density at radius 1 is 1.40 bits per heavy atom. The lowest BCUT2D eigenvalue weighted by Gasteiger charge is -2.31. The Morgan fingerprint density at radius 2 is 2.05 bits per heavy atom. The molecule has 2 N–H and O–H groups in total. The summed E-state index contributed by atoms with van der Waals surface area (Å²) in [5.74, 6) is -0.307. The Bertz CT molecular complexity index is 434. The standard InChI is InChI=1S/C15H21NO3S/c1-16-15(14(17)18,12-5-3-2-4-6-12)11-20-13-7-9-19-10-8-13/h2-6,13,16H,7-11H2,1H3,(H,17,18). The summed E-state index contributed by atoms with van der Waals surface area (Å²) in [4.78, 5) is 11.8. The molecule has 1 aromatic rings. The van der Waals surface area contributed by atoms with E-state index in [0.29, 0.717) is 11.0 Å². The fraction of sp³-hybridized carbons (Fsp3) is 0.533. The zero-order valence-corrected chi connectivity index (χ0v) is 12.5. The number of likely N-dealkylation sites (N-methyl/N-ethyl adjacent to an activating group) is 1. The number of aliphatic carboxylic acids is 1. The van der Waals surface area contributed by atoms with E-state index in [1.807, 2.05) is 30.3 Å². The van der Waals surface area contributed by atoms with Gasteiger partial charge in [-0.05, 0) is 25.5 Å². The van der Waals surface area contributed by atoms with E-state index in [1.54, 1.807) is 18.8 Å². The molecule has 20 heavy (non-hydrogen) atoms. The lowest BCUT2D eigenvalue weighted by Crippen LogP contribution is -2.50. The van der Waals surface area contributed by atoms with E-state index in [2.05, 4.69) is 5.32 Å². The molecule has 1 aromatic carbocycles. The van der Waals surface area contributed by atoms with Gasteiger partial charge >= 0.3 is 5.97 Å². The minimum absolute atomic E-state index is 0.486. The number of carbonyl (C=O) groups is 1. The average molecular weight is 295 g/mol. The predicted molar refractivity (Wildman–Crippen MR) is 81.1 cm³/mol. The maximum Gasteiger partial charge on any atom is 0.329 e. The van der Waals surface area contributed by atoms with E-state index >= 15 is 0 Å². The van der Waals surface area contributed by atoms with Crippen LogP contribution in [0.5, 0.6) is 0 Å². The molecule has 1 heterocycles. The van der Waals surface area contributed by atoms with E-state index in [4.69, 9.17) is 4.74 Å². The first-order chi connectivity index (χ1) is 9.69. The highest BCUT2D eigenvalue weighted by atomic mass is 32.2. The Balaban J connectivity index is 2.12. The van der Waals surface area contributed by atoms with Gasteiger partial charge in [-0.15, -0.1) is 0 Å². The monoisotopic (exact) mass is 295 g/mol. The topological polar surface area (TPSA) is 58.6 Å². The second kappa shape index (κ2) is 7.11. The number of rotatable bonds is 6. The Hall–Kier alpha value is -1.04. The zero-order valence-electron chi connectivity index (χ0n) is 11.7. The van der Waals surface area contributed by atoms with Crippen LogP contribution in [-0.2, 0) is 15.1 Å². The molecule has 0 bridgehead atoms. The van der Waals surface area contributed by atoms with Crippen LogP contribution in [0.2, 0.25) is 0 Å². The van der Waals surface area contributed by atoms with Crippen molar-refractivity contribution in [2.24, 2.45) is 0 Å². The minimum atomic E-state index is -1.02. The van der Waals surface area contributed by atoms with Crippen molar-refractivity contribution in [1.29, 1.82) is 0 Å². The zero-order chi connectivity index (χ0) is 14.4. The highest BCUT2D eigenvalue weighted by Gasteiger charge is 2.39. The van der Waals surface area contributed by atoms with Gasteiger partial charge in [0.05, 0.1) is 0 Å². The molecular weight excluding hydrogens is 274 g/mol. The van der Waals surface area contributed by atoms with Gasteiger partial charge in [0.25, 0.3) is 0 Å². The summed E-state index contributed by atoms with van der Waals surface area (Å²) in [5, 5.41) is 13.2. The van der Waals surface area contributed by atoms with Crippen molar-refractivity contribution in [3.05, 3.63) is 35.9 Å². The van der Waals surface area contributed by atoms with E-state index in [1.165, 1.54) is 0 Å². The second-order valence-corrected chi connectivity index (χ2v) is 6.24. The number of thioether (sulfide) groups is 1. The molecule has 0 aliphatic carbocycles. The molecule has 1 atom stereocenters. The van der Waals surface area contributed by atoms with Crippen LogP contribution in [0, 0.1) is 0 Å². The lowest BCUT2D eigenvalue weighted by atomic mass is 9.92. The van der Waals surface area contributed by atoms with Crippen LogP contribution < -0.4 is 5.32 Å². The fourth-order valence-corrected chi connectivity index (χ4v) is 3.85. The van der Waals surface area contributed by atoms with Gasteiger partial charge < -0.3 is 15.2 Å². The highest BCUT2D eigenvalue weighted by Crippen LogP contribution is 2.31. The van der Waals surface area contributed by atoms with Crippen molar-refractivity contribution in [2.45, 2.75) is 23.6 Å². The van der Waals surface area contributed by atoms with Crippen LogP contribution in [0.15, 0.2) is 30.3 Å². The van der Waals surface area contributed by atoms with Crippen LogP contribution in [0.3, 0.4) is 0 Å². The molecule has 4 nitrogen and oxygen atoms in total. The number of carboxylic acid groups (broad SMARTS) is 1. The largest absolute Gasteiger partial charge is 0.480 e. The third-order valence-electron chi connectivity index (χ3n) is 3.76. The van der Waals surface area contributed by atoms with Gasteiger partial charge in [-0.1, -0.05) is 30.3 Å². The molecule has 2 rings (SSSR count). The van der Waals surface area contributed by atoms with Crippen molar-refractivity contribution < 1.29 is 14.6 Å². The van der Waals surface area contributed by atoms with Crippen molar-refractivity contribution >= 4 is 17.7 Å². The van der Waals surface area contributed by atoms with Crippen LogP contribution in [0.4, 0.5) is 0 Å². The van der Waals surface area contributed by atoms with Crippen LogP contribution in [0.1, 0.15) is 18.4 Å². The molecule has 0 radical (unpaired) electrons. The SMILES string of the molecule is CNC(CSC1CCOCC1)(C(=O)O)c1ccccc1.